The van der Waals surface area contributed by atoms with E-state index in [1.807, 2.05) is 25.0 Å². The highest BCUT2D eigenvalue weighted by atomic mass is 35.5. The summed E-state index contributed by atoms with van der Waals surface area (Å²) in [7, 11) is 3.85. The van der Waals surface area contributed by atoms with E-state index in [1.54, 1.807) is 10.9 Å². The molecule has 1 aromatic carbocycles. The maximum atomic E-state index is 13.4. The van der Waals surface area contributed by atoms with Gasteiger partial charge in [0, 0.05) is 37.8 Å². The topological polar surface area (TPSA) is 64.7 Å². The molecule has 1 N–H and O–H groups in total. The quantitative estimate of drug-likeness (QED) is 0.571. The van der Waals surface area contributed by atoms with E-state index in [1.165, 1.54) is 36.7 Å². The van der Waals surface area contributed by atoms with Crippen LogP contribution >= 0.6 is 11.6 Å². The molecule has 0 atom stereocenters. The molecule has 5 rings (SSSR count). The van der Waals surface area contributed by atoms with Gasteiger partial charge >= 0.3 is 0 Å². The van der Waals surface area contributed by atoms with Gasteiger partial charge in [-0.25, -0.2) is 14.4 Å². The molecule has 6 nitrogen and oxygen atoms in total. The average molecular weight is 456 g/mol. The minimum Gasteiger partial charge on any atom is -0.340 e. The summed E-state index contributed by atoms with van der Waals surface area (Å²) in [4.78, 5) is 22.2. The molecule has 0 saturated heterocycles. The monoisotopic (exact) mass is 455 g/mol. The number of carbonyl (C=O) groups excluding carboxylic acids is 1. The first kappa shape index (κ1) is 21.2. The molecule has 2 aliphatic rings. The number of halogens is 2. The minimum atomic E-state index is -0.511. The maximum absolute atomic E-state index is 13.4. The number of hydrogen-bond acceptors (Lipinski definition) is 3. The van der Waals surface area contributed by atoms with E-state index in [9.17, 15) is 9.18 Å². The van der Waals surface area contributed by atoms with Crippen molar-refractivity contribution in [3.05, 3.63) is 65.0 Å². The molecule has 2 aliphatic carbocycles. The van der Waals surface area contributed by atoms with Crippen LogP contribution in [0.1, 0.15) is 72.2 Å². The lowest BCUT2D eigenvalue weighted by Gasteiger charge is -2.51. The molecule has 0 unspecified atom stereocenters. The fraction of sp³-hybridized carbons (Fsp3) is 0.458. The van der Waals surface area contributed by atoms with Crippen LogP contribution in [0.25, 0.3) is 0 Å². The summed E-state index contributed by atoms with van der Waals surface area (Å²) in [6.45, 7) is 0. The van der Waals surface area contributed by atoms with Gasteiger partial charge in [-0.15, -0.1) is 0 Å². The van der Waals surface area contributed by atoms with Gasteiger partial charge in [0.2, 0.25) is 0 Å². The summed E-state index contributed by atoms with van der Waals surface area (Å²) in [5.74, 6) is 0.0878. The Kier molecular flexibility index (Phi) is 5.32. The van der Waals surface area contributed by atoms with Gasteiger partial charge in [-0.05, 0) is 62.1 Å². The van der Waals surface area contributed by atoms with Crippen molar-refractivity contribution >= 4 is 23.2 Å². The Hall–Kier alpha value is -2.67. The van der Waals surface area contributed by atoms with Gasteiger partial charge in [-0.3, -0.25) is 4.79 Å². The normalized spacial score (nSPS) is 25.0. The first-order chi connectivity index (χ1) is 15.3. The van der Waals surface area contributed by atoms with Crippen molar-refractivity contribution in [1.29, 1.82) is 0 Å². The Bertz CT molecular complexity index is 1150. The van der Waals surface area contributed by atoms with Crippen LogP contribution in [-0.4, -0.2) is 25.0 Å². The number of imidazole rings is 2. The van der Waals surface area contributed by atoms with Gasteiger partial charge in [-0.2, -0.15) is 0 Å². The Morgan fingerprint density at radius 2 is 1.91 bits per heavy atom. The molecule has 0 aliphatic heterocycles. The molecule has 1 spiro atoms. The summed E-state index contributed by atoms with van der Waals surface area (Å²) in [5, 5.41) is 2.82. The maximum Gasteiger partial charge on any atom is 0.274 e. The average Bonchev–Trinajstić information content (AvgIpc) is 3.34. The number of amides is 1. The van der Waals surface area contributed by atoms with Crippen molar-refractivity contribution in [2.45, 2.75) is 50.4 Å². The number of aromatic nitrogens is 4. The number of aryl methyl sites for hydroxylation is 2. The summed E-state index contributed by atoms with van der Waals surface area (Å²) in [6, 6.07) is 4.18. The van der Waals surface area contributed by atoms with Crippen molar-refractivity contribution in [1.82, 2.24) is 19.1 Å². The third-order valence-corrected chi connectivity index (χ3v) is 7.58. The molecule has 2 saturated carbocycles. The second kappa shape index (κ2) is 8.03. The Morgan fingerprint density at radius 1 is 1.16 bits per heavy atom. The highest BCUT2D eigenvalue weighted by Crippen LogP contribution is 2.60. The lowest BCUT2D eigenvalue weighted by atomic mass is 9.54. The minimum absolute atomic E-state index is 0.0184. The van der Waals surface area contributed by atoms with Crippen molar-refractivity contribution in [3.63, 3.8) is 0 Å². The fourth-order valence-corrected chi connectivity index (χ4v) is 5.72. The molecule has 2 fully saturated rings. The molecule has 8 heteroatoms. The van der Waals surface area contributed by atoms with Crippen LogP contribution in [0.5, 0.6) is 0 Å². The first-order valence-corrected chi connectivity index (χ1v) is 11.5. The molecule has 0 bridgehead atoms. The second-order valence-electron chi connectivity index (χ2n) is 9.52. The van der Waals surface area contributed by atoms with Gasteiger partial charge in [0.15, 0.2) is 0 Å². The van der Waals surface area contributed by atoms with E-state index in [0.29, 0.717) is 22.7 Å². The van der Waals surface area contributed by atoms with Gasteiger partial charge < -0.3 is 14.5 Å². The number of anilines is 1. The molecule has 3 aromatic rings. The molecule has 2 heterocycles. The van der Waals surface area contributed by atoms with Crippen molar-refractivity contribution in [2.24, 2.45) is 19.5 Å². The van der Waals surface area contributed by atoms with Crippen LogP contribution in [0.3, 0.4) is 0 Å². The van der Waals surface area contributed by atoms with E-state index >= 15 is 0 Å². The zero-order valence-corrected chi connectivity index (χ0v) is 19.1. The van der Waals surface area contributed by atoms with E-state index < -0.39 is 5.82 Å². The molecule has 2 aromatic heterocycles. The van der Waals surface area contributed by atoms with Crippen LogP contribution in [0.2, 0.25) is 5.02 Å². The third kappa shape index (κ3) is 3.83. The number of nitrogens with one attached hydrogen (secondary N) is 1. The summed E-state index contributed by atoms with van der Waals surface area (Å²) in [6.07, 6.45) is 12.5. The number of rotatable bonds is 4. The molecular formula is C24H27ClFN5O. The molecule has 0 radical (unpaired) electrons. The third-order valence-electron chi connectivity index (χ3n) is 7.29. The molecular weight excluding hydrogens is 429 g/mol. The zero-order chi connectivity index (χ0) is 22.5. The largest absolute Gasteiger partial charge is 0.340 e. The van der Waals surface area contributed by atoms with Gasteiger partial charge in [0.1, 0.15) is 11.5 Å². The predicted molar refractivity (Wildman–Crippen MR) is 121 cm³/mol. The van der Waals surface area contributed by atoms with Crippen LogP contribution < -0.4 is 5.32 Å². The van der Waals surface area contributed by atoms with Crippen molar-refractivity contribution < 1.29 is 9.18 Å². The van der Waals surface area contributed by atoms with E-state index in [4.69, 9.17) is 11.6 Å². The highest BCUT2D eigenvalue weighted by molar-refractivity contribution is 6.31. The summed E-state index contributed by atoms with van der Waals surface area (Å²) < 4.78 is 17.2. The Labute approximate surface area is 191 Å². The van der Waals surface area contributed by atoms with Crippen LogP contribution in [0.4, 0.5) is 10.1 Å². The van der Waals surface area contributed by atoms with Gasteiger partial charge in [0.25, 0.3) is 5.91 Å². The zero-order valence-electron chi connectivity index (χ0n) is 18.3. The van der Waals surface area contributed by atoms with Crippen molar-refractivity contribution in [3.8, 4) is 0 Å². The smallest absolute Gasteiger partial charge is 0.274 e. The number of hydrogen-bond donors (Lipinski definition) is 1. The van der Waals surface area contributed by atoms with Crippen LogP contribution in [0, 0.1) is 11.2 Å². The SMILES string of the molecule is Cn1cnc(C2CC3(CCC(c4ncn(C)c4C(=O)Nc4ccc(F)c(Cl)c4)CC3)C2)c1. The van der Waals surface area contributed by atoms with Crippen LogP contribution in [0.15, 0.2) is 37.1 Å². The number of benzene rings is 1. The van der Waals surface area contributed by atoms with E-state index in [-0.39, 0.29) is 16.8 Å². The summed E-state index contributed by atoms with van der Waals surface area (Å²) in [5.41, 5.74) is 3.51. The molecule has 1 amide bonds. The first-order valence-electron chi connectivity index (χ1n) is 11.1. The summed E-state index contributed by atoms with van der Waals surface area (Å²) >= 11 is 5.85. The van der Waals surface area contributed by atoms with Gasteiger partial charge in [-0.1, -0.05) is 11.6 Å². The fourth-order valence-electron chi connectivity index (χ4n) is 5.54. The second-order valence-corrected chi connectivity index (χ2v) is 9.92. The van der Waals surface area contributed by atoms with Crippen molar-refractivity contribution in [2.75, 3.05) is 5.32 Å². The molecule has 168 valence electrons. The Balaban J connectivity index is 1.25. The molecule has 32 heavy (non-hydrogen) atoms. The lowest BCUT2D eigenvalue weighted by molar-refractivity contribution is 0.0434. The van der Waals surface area contributed by atoms with E-state index in [0.717, 1.165) is 31.4 Å². The van der Waals surface area contributed by atoms with Gasteiger partial charge in [0.05, 0.1) is 29.1 Å². The Morgan fingerprint density at radius 3 is 2.56 bits per heavy atom. The lowest BCUT2D eigenvalue weighted by Crippen LogP contribution is -2.39. The highest BCUT2D eigenvalue weighted by Gasteiger charge is 2.47. The predicted octanol–water partition coefficient (Wildman–Crippen LogP) is 5.42. The standard InChI is InChI=1S/C24H27ClFN5O/c1-30-12-20(27-13-30)16-10-24(11-16)7-5-15(6-8-24)21-22(31(2)14-28-21)23(32)29-17-3-4-19(26)18(25)9-17/h3-4,9,12-16H,5-8,10-11H2,1-2H3,(H,29,32). The number of carbonyl (C=O) groups is 1. The van der Waals surface area contributed by atoms with Crippen LogP contribution in [-0.2, 0) is 14.1 Å². The number of nitrogens with zero attached hydrogens (tertiary/aromatic N) is 4. The van der Waals surface area contributed by atoms with E-state index in [2.05, 4.69) is 21.5 Å².